The standard InChI is InChI=1S/C16H27N2O9PS/c1-10-12(29-8-18-10)15(21)24-9-26-28(22)25-7-16(2,3)13(27-28)14(20)17-6-5-11(19)23-4/h10,12-13,18H,5-9H2,1-4H3,(H,17,20)/t10?,12?,13-,28+/m0/s1. The molecule has 2 unspecified atom stereocenters. The fourth-order valence-corrected chi connectivity index (χ4v) is 5.24. The molecule has 11 nitrogen and oxygen atoms in total. The third-order valence-corrected chi connectivity index (χ3v) is 7.03. The number of esters is 2. The summed E-state index contributed by atoms with van der Waals surface area (Å²) in [6.07, 6.45) is -1.16. The van der Waals surface area contributed by atoms with Crippen molar-refractivity contribution >= 4 is 37.4 Å². The largest absolute Gasteiger partial charge is 0.478 e. The van der Waals surface area contributed by atoms with Gasteiger partial charge in [0.1, 0.15) is 5.25 Å². The predicted molar refractivity (Wildman–Crippen MR) is 103 cm³/mol. The zero-order valence-electron chi connectivity index (χ0n) is 16.8. The summed E-state index contributed by atoms with van der Waals surface area (Å²) in [4.78, 5) is 35.6. The summed E-state index contributed by atoms with van der Waals surface area (Å²) in [5.41, 5.74) is -0.801. The summed E-state index contributed by atoms with van der Waals surface area (Å²) in [6.45, 7) is 4.59. The van der Waals surface area contributed by atoms with Gasteiger partial charge in [-0.3, -0.25) is 23.4 Å². The van der Waals surface area contributed by atoms with Crippen LogP contribution in [0.15, 0.2) is 0 Å². The van der Waals surface area contributed by atoms with Gasteiger partial charge >= 0.3 is 19.8 Å². The second-order valence-electron chi connectivity index (χ2n) is 7.25. The highest BCUT2D eigenvalue weighted by atomic mass is 32.2. The third-order valence-electron chi connectivity index (χ3n) is 4.40. The van der Waals surface area contributed by atoms with Crippen molar-refractivity contribution in [3.8, 4) is 0 Å². The smallest absolute Gasteiger partial charge is 0.469 e. The van der Waals surface area contributed by atoms with Crippen molar-refractivity contribution in [3.05, 3.63) is 0 Å². The highest BCUT2D eigenvalue weighted by Gasteiger charge is 2.49. The minimum atomic E-state index is -4.12. The first-order chi connectivity index (χ1) is 13.6. The number of hydrogen-bond acceptors (Lipinski definition) is 11. The molecule has 1 amide bonds. The van der Waals surface area contributed by atoms with E-state index >= 15 is 0 Å². The van der Waals surface area contributed by atoms with Crippen LogP contribution < -0.4 is 10.6 Å². The molecule has 2 fully saturated rings. The minimum absolute atomic E-state index is 0.0114. The Bertz CT molecular complexity index is 675. The Morgan fingerprint density at radius 3 is 2.69 bits per heavy atom. The SMILES string of the molecule is COC(=O)CCNC(=O)[C@@H]1O[P@@](=O)(OCOC(=O)C2SCNC2C)OCC1(C)C. The molecule has 13 heteroatoms. The van der Waals surface area contributed by atoms with Gasteiger partial charge in [-0.25, -0.2) is 9.09 Å². The molecular weight excluding hydrogens is 427 g/mol. The minimum Gasteiger partial charge on any atom is -0.469 e. The van der Waals surface area contributed by atoms with Gasteiger partial charge in [0.05, 0.1) is 20.1 Å². The van der Waals surface area contributed by atoms with Crippen LogP contribution in [0.5, 0.6) is 0 Å². The quantitative estimate of drug-likeness (QED) is 0.306. The van der Waals surface area contributed by atoms with Crippen molar-refractivity contribution in [3.63, 3.8) is 0 Å². The van der Waals surface area contributed by atoms with Crippen LogP contribution in [0.3, 0.4) is 0 Å². The van der Waals surface area contributed by atoms with Crippen LogP contribution in [0.2, 0.25) is 0 Å². The van der Waals surface area contributed by atoms with E-state index in [4.69, 9.17) is 18.3 Å². The molecule has 29 heavy (non-hydrogen) atoms. The molecule has 0 aromatic rings. The monoisotopic (exact) mass is 454 g/mol. The maximum Gasteiger partial charge on any atom is 0.478 e. The van der Waals surface area contributed by atoms with Gasteiger partial charge in [-0.05, 0) is 6.92 Å². The van der Waals surface area contributed by atoms with Gasteiger partial charge in [-0.1, -0.05) is 13.8 Å². The van der Waals surface area contributed by atoms with Crippen LogP contribution in [0.1, 0.15) is 27.2 Å². The molecule has 2 rings (SSSR count). The lowest BCUT2D eigenvalue weighted by atomic mass is 9.87. The molecule has 0 aliphatic carbocycles. The zero-order valence-corrected chi connectivity index (χ0v) is 18.5. The number of ether oxygens (including phenoxy) is 2. The number of rotatable bonds is 8. The van der Waals surface area contributed by atoms with E-state index in [1.807, 2.05) is 6.92 Å². The Labute approximate surface area is 173 Å². The van der Waals surface area contributed by atoms with Crippen LogP contribution in [-0.2, 0) is 42.0 Å². The van der Waals surface area contributed by atoms with E-state index in [1.165, 1.54) is 18.9 Å². The third kappa shape index (κ3) is 6.66. The lowest BCUT2D eigenvalue weighted by Gasteiger charge is -2.39. The number of carbonyl (C=O) groups excluding carboxylic acids is 3. The van der Waals surface area contributed by atoms with Crippen molar-refractivity contribution in [2.45, 2.75) is 44.6 Å². The van der Waals surface area contributed by atoms with Crippen molar-refractivity contribution in [2.75, 3.05) is 32.9 Å². The molecule has 0 bridgehead atoms. The van der Waals surface area contributed by atoms with Crippen LogP contribution in [-0.4, -0.2) is 68.2 Å². The lowest BCUT2D eigenvalue weighted by molar-refractivity contribution is -0.155. The van der Waals surface area contributed by atoms with E-state index < -0.39 is 44.0 Å². The molecule has 0 aromatic heterocycles. The molecule has 0 radical (unpaired) electrons. The first kappa shape index (κ1) is 24.1. The molecule has 166 valence electrons. The number of phosphoric ester groups is 1. The maximum atomic E-state index is 12.7. The molecule has 4 atom stereocenters. The molecule has 2 saturated heterocycles. The van der Waals surface area contributed by atoms with Gasteiger partial charge in [-0.15, -0.1) is 11.8 Å². The fourth-order valence-electron chi connectivity index (χ4n) is 2.60. The molecule has 0 aromatic carbocycles. The van der Waals surface area contributed by atoms with Crippen molar-refractivity contribution in [1.82, 2.24) is 10.6 Å². The highest BCUT2D eigenvalue weighted by molar-refractivity contribution is 8.00. The van der Waals surface area contributed by atoms with Crippen molar-refractivity contribution < 1.29 is 42.0 Å². The number of thioether (sulfide) groups is 1. The molecular formula is C16H27N2O9PS. The number of hydrogen-bond donors (Lipinski definition) is 2. The number of phosphoric acid groups is 1. The van der Waals surface area contributed by atoms with E-state index in [2.05, 4.69) is 15.4 Å². The van der Waals surface area contributed by atoms with Crippen molar-refractivity contribution in [2.24, 2.45) is 5.41 Å². The maximum absolute atomic E-state index is 12.7. The highest BCUT2D eigenvalue weighted by Crippen LogP contribution is 2.57. The molecule has 0 saturated carbocycles. The molecule has 2 aliphatic rings. The van der Waals surface area contributed by atoms with Crippen LogP contribution in [0.4, 0.5) is 0 Å². The Morgan fingerprint density at radius 1 is 1.34 bits per heavy atom. The normalized spacial score (nSPS) is 31.1. The van der Waals surface area contributed by atoms with Crippen LogP contribution in [0.25, 0.3) is 0 Å². The number of carbonyl (C=O) groups is 3. The topological polar surface area (TPSA) is 138 Å². The predicted octanol–water partition coefficient (Wildman–Crippen LogP) is 0.784. The van der Waals surface area contributed by atoms with Gasteiger partial charge in [0.25, 0.3) is 0 Å². The van der Waals surface area contributed by atoms with E-state index in [-0.39, 0.29) is 30.9 Å². The van der Waals surface area contributed by atoms with Crippen LogP contribution in [0, 0.1) is 5.41 Å². The lowest BCUT2D eigenvalue weighted by Crippen LogP contribution is -2.50. The summed E-state index contributed by atoms with van der Waals surface area (Å²) in [5, 5.41) is 5.24. The van der Waals surface area contributed by atoms with Gasteiger partial charge in [-0.2, -0.15) is 0 Å². The summed E-state index contributed by atoms with van der Waals surface area (Å²) < 4.78 is 37.8. The van der Waals surface area contributed by atoms with Gasteiger partial charge < -0.3 is 20.1 Å². The Morgan fingerprint density at radius 2 is 2.07 bits per heavy atom. The number of amides is 1. The fraction of sp³-hybridized carbons (Fsp3) is 0.812. The average Bonchev–Trinajstić information content (AvgIpc) is 3.09. The average molecular weight is 454 g/mol. The molecule has 2 aliphatic heterocycles. The summed E-state index contributed by atoms with van der Waals surface area (Å²) in [7, 11) is -2.87. The van der Waals surface area contributed by atoms with Crippen LogP contribution >= 0.6 is 19.6 Å². The summed E-state index contributed by atoms with van der Waals surface area (Å²) >= 11 is 1.40. The first-order valence-electron chi connectivity index (χ1n) is 9.01. The van der Waals surface area contributed by atoms with E-state index in [1.54, 1.807) is 13.8 Å². The second kappa shape index (κ2) is 10.2. The van der Waals surface area contributed by atoms with E-state index in [0.29, 0.717) is 5.88 Å². The van der Waals surface area contributed by atoms with E-state index in [0.717, 1.165) is 0 Å². The van der Waals surface area contributed by atoms with Gasteiger partial charge in [0, 0.05) is 23.9 Å². The Balaban J connectivity index is 1.87. The van der Waals surface area contributed by atoms with Gasteiger partial charge in [0.2, 0.25) is 12.7 Å². The van der Waals surface area contributed by atoms with E-state index in [9.17, 15) is 18.9 Å². The van der Waals surface area contributed by atoms with Crippen molar-refractivity contribution in [1.29, 1.82) is 0 Å². The number of methoxy groups -OCH3 is 1. The Kier molecular flexibility index (Phi) is 8.50. The zero-order chi connectivity index (χ0) is 21.7. The summed E-state index contributed by atoms with van der Waals surface area (Å²) in [5.74, 6) is -0.911. The molecule has 2 heterocycles. The summed E-state index contributed by atoms with van der Waals surface area (Å²) in [6, 6.07) is -0.0513. The van der Waals surface area contributed by atoms with Gasteiger partial charge in [0.15, 0.2) is 6.10 Å². The number of nitrogens with one attached hydrogen (secondary N) is 2. The second-order valence-corrected chi connectivity index (χ2v) is 10.00. The molecule has 0 spiro atoms. The molecule has 2 N–H and O–H groups in total. The Hall–Kier alpha value is -1.17. The first-order valence-corrected chi connectivity index (χ1v) is 11.5.